The summed E-state index contributed by atoms with van der Waals surface area (Å²) >= 11 is 0. The van der Waals surface area contributed by atoms with Crippen molar-refractivity contribution in [1.82, 2.24) is 4.90 Å². The Morgan fingerprint density at radius 1 is 0.769 bits per heavy atom. The van der Waals surface area contributed by atoms with Gasteiger partial charge in [-0.3, -0.25) is 4.90 Å². The molecule has 0 amide bonds. The number of benzene rings is 1. The van der Waals surface area contributed by atoms with Crippen molar-refractivity contribution in [2.75, 3.05) is 65.9 Å². The number of ether oxygens (including phenoxy) is 4. The van der Waals surface area contributed by atoms with Gasteiger partial charge in [-0.25, -0.2) is 0 Å². The fraction of sp³-hybridized carbons (Fsp3) is 0.714. The van der Waals surface area contributed by atoms with Crippen LogP contribution in [0.15, 0.2) is 24.3 Å². The first-order chi connectivity index (χ1) is 12.8. The highest BCUT2D eigenvalue weighted by Crippen LogP contribution is 2.19. The zero-order valence-corrected chi connectivity index (χ0v) is 16.5. The van der Waals surface area contributed by atoms with Gasteiger partial charge in [0.1, 0.15) is 0 Å². The molecule has 148 valence electrons. The van der Waals surface area contributed by atoms with Crippen LogP contribution in [0.4, 0.5) is 0 Å². The molecule has 1 aliphatic heterocycles. The number of hydrogen-bond donors (Lipinski definition) is 0. The van der Waals surface area contributed by atoms with Gasteiger partial charge in [-0.2, -0.15) is 0 Å². The molecule has 1 unspecified atom stereocenters. The zero-order valence-electron chi connectivity index (χ0n) is 16.5. The van der Waals surface area contributed by atoms with Gasteiger partial charge >= 0.3 is 0 Å². The molecule has 0 spiro atoms. The van der Waals surface area contributed by atoms with Crippen molar-refractivity contribution >= 4 is 0 Å². The number of rotatable bonds is 4. The molecule has 1 aromatic carbocycles. The van der Waals surface area contributed by atoms with Gasteiger partial charge in [-0.15, -0.1) is 0 Å². The van der Waals surface area contributed by atoms with Gasteiger partial charge in [0.25, 0.3) is 0 Å². The van der Waals surface area contributed by atoms with Crippen molar-refractivity contribution < 1.29 is 18.9 Å². The predicted molar refractivity (Wildman–Crippen MR) is 104 cm³/mol. The fourth-order valence-corrected chi connectivity index (χ4v) is 2.86. The Morgan fingerprint density at radius 2 is 1.23 bits per heavy atom. The van der Waals surface area contributed by atoms with E-state index in [1.165, 1.54) is 17.5 Å². The van der Waals surface area contributed by atoms with Crippen molar-refractivity contribution in [3.63, 3.8) is 0 Å². The summed E-state index contributed by atoms with van der Waals surface area (Å²) in [6.45, 7) is 12.4. The van der Waals surface area contributed by atoms with Crippen LogP contribution in [0.1, 0.15) is 37.3 Å². The van der Waals surface area contributed by atoms with E-state index in [-0.39, 0.29) is 0 Å². The lowest BCUT2D eigenvalue weighted by Gasteiger charge is -2.22. The Morgan fingerprint density at radius 3 is 1.69 bits per heavy atom. The molecule has 5 nitrogen and oxygen atoms in total. The van der Waals surface area contributed by atoms with Gasteiger partial charge in [0.05, 0.1) is 52.9 Å². The highest BCUT2D eigenvalue weighted by Gasteiger charge is 2.08. The van der Waals surface area contributed by atoms with Gasteiger partial charge < -0.3 is 18.9 Å². The van der Waals surface area contributed by atoms with Crippen LogP contribution in [0.3, 0.4) is 0 Å². The van der Waals surface area contributed by atoms with Crippen molar-refractivity contribution in [3.8, 4) is 0 Å². The molecule has 1 heterocycles. The average Bonchev–Trinajstić information content (AvgIpc) is 2.68. The standard InChI is InChI=1S/C21H35NO4/c1-3-19(2)21-6-4-20(5-7-21)18-22-8-10-23-12-14-25-16-17-26-15-13-24-11-9-22/h4-7,19H,3,8-18H2,1-2H3. The van der Waals surface area contributed by atoms with E-state index >= 15 is 0 Å². The fourth-order valence-electron chi connectivity index (χ4n) is 2.86. The van der Waals surface area contributed by atoms with Gasteiger partial charge in [0.15, 0.2) is 0 Å². The highest BCUT2D eigenvalue weighted by atomic mass is 16.6. The summed E-state index contributed by atoms with van der Waals surface area (Å²) in [5, 5.41) is 0. The maximum atomic E-state index is 5.69. The molecule has 26 heavy (non-hydrogen) atoms. The second kappa shape index (κ2) is 13.2. The molecule has 0 aliphatic carbocycles. The lowest BCUT2D eigenvalue weighted by atomic mass is 9.97. The molecule has 2 rings (SSSR count). The van der Waals surface area contributed by atoms with Crippen LogP contribution in [0.5, 0.6) is 0 Å². The molecule has 1 saturated heterocycles. The summed E-state index contributed by atoms with van der Waals surface area (Å²) in [7, 11) is 0. The molecule has 1 fully saturated rings. The van der Waals surface area contributed by atoms with E-state index in [2.05, 4.69) is 43.0 Å². The highest BCUT2D eigenvalue weighted by molar-refractivity contribution is 5.25. The Balaban J connectivity index is 1.84. The average molecular weight is 366 g/mol. The molecule has 0 aromatic heterocycles. The molecule has 5 heteroatoms. The maximum absolute atomic E-state index is 5.69. The van der Waals surface area contributed by atoms with E-state index in [1.54, 1.807) is 0 Å². The summed E-state index contributed by atoms with van der Waals surface area (Å²) in [6, 6.07) is 9.03. The quantitative estimate of drug-likeness (QED) is 0.820. The largest absolute Gasteiger partial charge is 0.378 e. The summed E-state index contributed by atoms with van der Waals surface area (Å²) in [5.41, 5.74) is 2.75. The minimum Gasteiger partial charge on any atom is -0.378 e. The first-order valence-electron chi connectivity index (χ1n) is 9.91. The van der Waals surface area contributed by atoms with Crippen LogP contribution in [0, 0.1) is 0 Å². The molecule has 0 N–H and O–H groups in total. The maximum Gasteiger partial charge on any atom is 0.0701 e. The SMILES string of the molecule is CCC(C)c1ccc(CN2CCOCCOCCOCCOCC2)cc1. The molecule has 1 atom stereocenters. The zero-order chi connectivity index (χ0) is 18.5. The third-order valence-electron chi connectivity index (χ3n) is 4.79. The first kappa shape index (κ1) is 21.3. The molecule has 0 radical (unpaired) electrons. The van der Waals surface area contributed by atoms with Crippen LogP contribution in [-0.2, 0) is 25.5 Å². The normalized spacial score (nSPS) is 20.8. The van der Waals surface area contributed by atoms with Gasteiger partial charge in [-0.05, 0) is 23.5 Å². The Kier molecular flexibility index (Phi) is 10.8. The first-order valence-corrected chi connectivity index (χ1v) is 9.91. The van der Waals surface area contributed by atoms with E-state index in [9.17, 15) is 0 Å². The van der Waals surface area contributed by atoms with E-state index in [0.29, 0.717) is 58.8 Å². The van der Waals surface area contributed by atoms with Crippen molar-refractivity contribution in [1.29, 1.82) is 0 Å². The lowest BCUT2D eigenvalue weighted by Crippen LogP contribution is -2.31. The monoisotopic (exact) mass is 365 g/mol. The summed E-state index contributed by atoms with van der Waals surface area (Å²) in [4.78, 5) is 2.39. The van der Waals surface area contributed by atoms with Crippen LogP contribution >= 0.6 is 0 Å². The van der Waals surface area contributed by atoms with E-state index in [4.69, 9.17) is 18.9 Å². The molecular weight excluding hydrogens is 330 g/mol. The van der Waals surface area contributed by atoms with Crippen molar-refractivity contribution in [2.45, 2.75) is 32.7 Å². The number of hydrogen-bond acceptors (Lipinski definition) is 5. The van der Waals surface area contributed by atoms with Gasteiger partial charge in [-0.1, -0.05) is 38.1 Å². The van der Waals surface area contributed by atoms with E-state index in [1.807, 2.05) is 0 Å². The Bertz CT molecular complexity index is 450. The predicted octanol–water partition coefficient (Wildman–Crippen LogP) is 3.08. The number of nitrogens with zero attached hydrogens (tertiary/aromatic N) is 1. The van der Waals surface area contributed by atoms with Crippen LogP contribution in [0.25, 0.3) is 0 Å². The van der Waals surface area contributed by atoms with Crippen molar-refractivity contribution in [2.24, 2.45) is 0 Å². The second-order valence-electron chi connectivity index (χ2n) is 6.78. The third-order valence-corrected chi connectivity index (χ3v) is 4.79. The molecular formula is C21H35NO4. The molecule has 0 saturated carbocycles. The smallest absolute Gasteiger partial charge is 0.0701 e. The second-order valence-corrected chi connectivity index (χ2v) is 6.78. The van der Waals surface area contributed by atoms with E-state index < -0.39 is 0 Å². The lowest BCUT2D eigenvalue weighted by molar-refractivity contribution is 0.00206. The molecule has 0 bridgehead atoms. The topological polar surface area (TPSA) is 40.2 Å². The summed E-state index contributed by atoms with van der Waals surface area (Å²) < 4.78 is 22.3. The Hall–Kier alpha value is -0.980. The minimum atomic E-state index is 0.613. The molecule has 1 aromatic rings. The Labute approximate surface area is 158 Å². The van der Waals surface area contributed by atoms with E-state index in [0.717, 1.165) is 19.6 Å². The third kappa shape index (κ3) is 8.60. The molecule has 1 aliphatic rings. The van der Waals surface area contributed by atoms with Crippen LogP contribution in [0.2, 0.25) is 0 Å². The summed E-state index contributed by atoms with van der Waals surface area (Å²) in [6.07, 6.45) is 1.17. The summed E-state index contributed by atoms with van der Waals surface area (Å²) in [5.74, 6) is 0.619. The van der Waals surface area contributed by atoms with Gasteiger partial charge in [0.2, 0.25) is 0 Å². The van der Waals surface area contributed by atoms with Crippen LogP contribution < -0.4 is 0 Å². The minimum absolute atomic E-state index is 0.613. The van der Waals surface area contributed by atoms with Crippen LogP contribution in [-0.4, -0.2) is 70.8 Å². The van der Waals surface area contributed by atoms with Gasteiger partial charge in [0, 0.05) is 19.6 Å². The van der Waals surface area contributed by atoms with Crippen molar-refractivity contribution in [3.05, 3.63) is 35.4 Å².